The lowest BCUT2D eigenvalue weighted by atomic mass is 10.1. The van der Waals surface area contributed by atoms with Crippen LogP contribution >= 0.6 is 27.5 Å². The second-order valence-electron chi connectivity index (χ2n) is 3.26. The van der Waals surface area contributed by atoms with E-state index in [1.165, 1.54) is 0 Å². The SMILES string of the molecule is O=C1Cc2cc(CCBr)c(Cl)cc2N1. The Hall–Kier alpha value is -0.540. The first-order valence-electron chi connectivity index (χ1n) is 4.38. The topological polar surface area (TPSA) is 29.1 Å². The number of hydrogen-bond donors (Lipinski definition) is 1. The normalized spacial score (nSPS) is 14.0. The van der Waals surface area contributed by atoms with Crippen molar-refractivity contribution in [2.24, 2.45) is 0 Å². The number of rotatable bonds is 2. The van der Waals surface area contributed by atoms with Crippen LogP contribution in [0.25, 0.3) is 0 Å². The minimum Gasteiger partial charge on any atom is -0.325 e. The third-order valence-electron chi connectivity index (χ3n) is 2.26. The van der Waals surface area contributed by atoms with Gasteiger partial charge in [0.15, 0.2) is 0 Å². The molecule has 1 aromatic carbocycles. The second-order valence-corrected chi connectivity index (χ2v) is 4.46. The summed E-state index contributed by atoms with van der Waals surface area (Å²) in [4.78, 5) is 11.1. The van der Waals surface area contributed by atoms with Gasteiger partial charge in [0.25, 0.3) is 0 Å². The summed E-state index contributed by atoms with van der Waals surface area (Å²) in [6.07, 6.45) is 1.36. The molecule has 0 spiro atoms. The summed E-state index contributed by atoms with van der Waals surface area (Å²) in [7, 11) is 0. The van der Waals surface area contributed by atoms with Gasteiger partial charge in [0.1, 0.15) is 0 Å². The van der Waals surface area contributed by atoms with Gasteiger partial charge in [-0.25, -0.2) is 0 Å². The molecule has 0 aromatic heterocycles. The van der Waals surface area contributed by atoms with Crippen molar-refractivity contribution in [2.75, 3.05) is 10.6 Å². The zero-order valence-corrected chi connectivity index (χ0v) is 9.78. The van der Waals surface area contributed by atoms with Crippen LogP contribution in [0.3, 0.4) is 0 Å². The van der Waals surface area contributed by atoms with Crippen LogP contribution in [0.4, 0.5) is 5.69 Å². The van der Waals surface area contributed by atoms with Gasteiger partial charge >= 0.3 is 0 Å². The van der Waals surface area contributed by atoms with E-state index in [1.807, 2.05) is 12.1 Å². The van der Waals surface area contributed by atoms with Crippen molar-refractivity contribution in [1.29, 1.82) is 0 Å². The molecule has 0 bridgehead atoms. The van der Waals surface area contributed by atoms with Crippen LogP contribution in [-0.2, 0) is 17.6 Å². The van der Waals surface area contributed by atoms with E-state index in [1.54, 1.807) is 0 Å². The first-order valence-corrected chi connectivity index (χ1v) is 5.88. The van der Waals surface area contributed by atoms with Gasteiger partial charge in [-0.1, -0.05) is 33.6 Å². The molecule has 1 N–H and O–H groups in total. The largest absolute Gasteiger partial charge is 0.325 e. The van der Waals surface area contributed by atoms with Crippen LogP contribution in [0.2, 0.25) is 5.02 Å². The number of halogens is 2. The van der Waals surface area contributed by atoms with Crippen molar-refractivity contribution in [3.8, 4) is 0 Å². The highest BCUT2D eigenvalue weighted by Gasteiger charge is 2.19. The molecule has 74 valence electrons. The summed E-state index contributed by atoms with van der Waals surface area (Å²) in [6.45, 7) is 0. The average molecular weight is 275 g/mol. The summed E-state index contributed by atoms with van der Waals surface area (Å²) in [5.74, 6) is 0.0482. The zero-order valence-electron chi connectivity index (χ0n) is 7.44. The fraction of sp³-hybridized carbons (Fsp3) is 0.300. The van der Waals surface area contributed by atoms with Gasteiger partial charge in [-0.15, -0.1) is 0 Å². The molecule has 1 heterocycles. The molecular weight excluding hydrogens is 265 g/mol. The quantitative estimate of drug-likeness (QED) is 0.826. The molecule has 2 rings (SSSR count). The standard InChI is InChI=1S/C10H9BrClNO/c11-2-1-6-3-7-4-10(14)13-9(7)5-8(6)12/h3,5H,1-2,4H2,(H,13,14). The Bertz CT molecular complexity index is 392. The number of carbonyl (C=O) groups is 1. The maximum atomic E-state index is 11.1. The highest BCUT2D eigenvalue weighted by Crippen LogP contribution is 2.30. The molecular formula is C10H9BrClNO. The molecule has 4 heteroatoms. The summed E-state index contributed by atoms with van der Waals surface area (Å²) in [5.41, 5.74) is 3.01. The molecule has 1 aliphatic rings. The first kappa shape index (κ1) is 9.99. The molecule has 0 fully saturated rings. The fourth-order valence-electron chi connectivity index (χ4n) is 1.59. The van der Waals surface area contributed by atoms with E-state index in [2.05, 4.69) is 21.2 Å². The number of hydrogen-bond acceptors (Lipinski definition) is 1. The van der Waals surface area contributed by atoms with Crippen LogP contribution in [-0.4, -0.2) is 11.2 Å². The van der Waals surface area contributed by atoms with Crippen molar-refractivity contribution in [3.05, 3.63) is 28.3 Å². The van der Waals surface area contributed by atoms with E-state index in [4.69, 9.17) is 11.6 Å². The Kier molecular flexibility index (Phi) is 2.79. The van der Waals surface area contributed by atoms with Crippen LogP contribution < -0.4 is 5.32 Å². The molecule has 0 saturated carbocycles. The summed E-state index contributed by atoms with van der Waals surface area (Å²) in [6, 6.07) is 3.84. The maximum Gasteiger partial charge on any atom is 0.228 e. The highest BCUT2D eigenvalue weighted by atomic mass is 79.9. The third-order valence-corrected chi connectivity index (χ3v) is 3.01. The predicted molar refractivity (Wildman–Crippen MR) is 61.3 cm³/mol. The van der Waals surface area contributed by atoms with Gasteiger partial charge in [-0.05, 0) is 23.6 Å². The Morgan fingerprint density at radius 1 is 1.50 bits per heavy atom. The van der Waals surface area contributed by atoms with Crippen LogP contribution in [0.15, 0.2) is 12.1 Å². The van der Waals surface area contributed by atoms with Gasteiger partial charge in [0.05, 0.1) is 6.42 Å². The minimum absolute atomic E-state index is 0.0482. The molecule has 0 atom stereocenters. The molecule has 1 aromatic rings. The summed E-state index contributed by atoms with van der Waals surface area (Å²) >= 11 is 9.43. The molecule has 0 saturated heterocycles. The number of carbonyl (C=O) groups excluding carboxylic acids is 1. The van der Waals surface area contributed by atoms with Gasteiger partial charge in [-0.3, -0.25) is 4.79 Å². The highest BCUT2D eigenvalue weighted by molar-refractivity contribution is 9.09. The Balaban J connectivity index is 2.39. The van der Waals surface area contributed by atoms with E-state index in [0.29, 0.717) is 6.42 Å². The number of benzene rings is 1. The Morgan fingerprint density at radius 2 is 2.29 bits per heavy atom. The van der Waals surface area contributed by atoms with Crippen molar-refractivity contribution >= 4 is 39.1 Å². The van der Waals surface area contributed by atoms with Gasteiger partial charge in [0, 0.05) is 16.0 Å². The molecule has 0 radical (unpaired) electrons. The third kappa shape index (κ3) is 1.79. The first-order chi connectivity index (χ1) is 6.70. The van der Waals surface area contributed by atoms with Crippen molar-refractivity contribution in [1.82, 2.24) is 0 Å². The lowest BCUT2D eigenvalue weighted by Crippen LogP contribution is -2.03. The Labute approximate surface area is 95.8 Å². The number of amides is 1. The number of anilines is 1. The molecule has 2 nitrogen and oxygen atoms in total. The zero-order chi connectivity index (χ0) is 10.1. The fourth-order valence-corrected chi connectivity index (χ4v) is 2.28. The van der Waals surface area contributed by atoms with Crippen molar-refractivity contribution < 1.29 is 4.79 Å². The summed E-state index contributed by atoms with van der Waals surface area (Å²) in [5, 5.41) is 4.38. The molecule has 14 heavy (non-hydrogen) atoms. The number of aryl methyl sites for hydroxylation is 1. The predicted octanol–water partition coefficient (Wildman–Crippen LogP) is 2.77. The van der Waals surface area contributed by atoms with E-state index in [-0.39, 0.29) is 5.91 Å². The molecule has 1 amide bonds. The molecule has 0 unspecified atom stereocenters. The average Bonchev–Trinajstić information content (AvgIpc) is 2.45. The van der Waals surface area contributed by atoms with E-state index < -0.39 is 0 Å². The monoisotopic (exact) mass is 273 g/mol. The van der Waals surface area contributed by atoms with Crippen LogP contribution in [0.1, 0.15) is 11.1 Å². The lowest BCUT2D eigenvalue weighted by Gasteiger charge is -2.05. The number of alkyl halides is 1. The summed E-state index contributed by atoms with van der Waals surface area (Å²) < 4.78 is 0. The molecule has 1 aliphatic heterocycles. The smallest absolute Gasteiger partial charge is 0.228 e. The van der Waals surface area contributed by atoms with Gasteiger partial charge < -0.3 is 5.32 Å². The van der Waals surface area contributed by atoms with E-state index in [0.717, 1.165) is 33.6 Å². The van der Waals surface area contributed by atoms with Gasteiger partial charge in [0.2, 0.25) is 5.91 Å². The van der Waals surface area contributed by atoms with E-state index in [9.17, 15) is 4.79 Å². The van der Waals surface area contributed by atoms with Crippen LogP contribution in [0.5, 0.6) is 0 Å². The Morgan fingerprint density at radius 3 is 3.00 bits per heavy atom. The minimum atomic E-state index is 0.0482. The van der Waals surface area contributed by atoms with Crippen molar-refractivity contribution in [3.63, 3.8) is 0 Å². The van der Waals surface area contributed by atoms with E-state index >= 15 is 0 Å². The van der Waals surface area contributed by atoms with Crippen molar-refractivity contribution in [2.45, 2.75) is 12.8 Å². The maximum absolute atomic E-state index is 11.1. The number of fused-ring (bicyclic) bond motifs is 1. The molecule has 0 aliphatic carbocycles. The van der Waals surface area contributed by atoms with Gasteiger partial charge in [-0.2, -0.15) is 0 Å². The van der Waals surface area contributed by atoms with Crippen LogP contribution in [0, 0.1) is 0 Å². The second kappa shape index (κ2) is 3.91. The lowest BCUT2D eigenvalue weighted by molar-refractivity contribution is -0.115. The number of nitrogens with one attached hydrogen (secondary N) is 1.